The van der Waals surface area contributed by atoms with Crippen LogP contribution in [0.25, 0.3) is 0 Å². The number of hydrogen-bond acceptors (Lipinski definition) is 7. The zero-order chi connectivity index (χ0) is 18.8. The number of carbonyl (C=O) groups is 4. The van der Waals surface area contributed by atoms with Crippen LogP contribution in [0.2, 0.25) is 0 Å². The molecule has 0 aliphatic carbocycles. The summed E-state index contributed by atoms with van der Waals surface area (Å²) in [7, 11) is -4.89. The number of nitrogens with one attached hydrogen (secondary N) is 3. The van der Waals surface area contributed by atoms with Crippen molar-refractivity contribution >= 4 is 34.3 Å². The molecule has 140 valence electrons. The molecule has 2 aliphatic heterocycles. The van der Waals surface area contributed by atoms with Gasteiger partial charge in [0.15, 0.2) is 0 Å². The predicted molar refractivity (Wildman–Crippen MR) is 75.7 cm³/mol. The molecule has 0 spiro atoms. The average molecular weight is 381 g/mol. The van der Waals surface area contributed by atoms with Crippen LogP contribution in [0.1, 0.15) is 12.8 Å². The van der Waals surface area contributed by atoms with E-state index in [0.29, 0.717) is 5.06 Å². The number of rotatable bonds is 5. The van der Waals surface area contributed by atoms with E-state index in [1.807, 2.05) is 5.43 Å². The minimum Gasteiger partial charge on any atom is -0.465 e. The van der Waals surface area contributed by atoms with Crippen LogP contribution in [-0.4, -0.2) is 77.2 Å². The SMILES string of the molecule is O=C(O)NCC(=O)NNC(=O)C1CCC2CN1C(=O)N2OS(=O)(=O)O. The molecule has 2 bridgehead atoms. The molecular formula is C10H15N5O9S. The van der Waals surface area contributed by atoms with E-state index in [1.165, 1.54) is 0 Å². The van der Waals surface area contributed by atoms with E-state index < -0.39 is 53.0 Å². The highest BCUT2D eigenvalue weighted by Crippen LogP contribution is 2.30. The van der Waals surface area contributed by atoms with Crippen molar-refractivity contribution in [2.45, 2.75) is 24.9 Å². The lowest BCUT2D eigenvalue weighted by atomic mass is 10.0. The van der Waals surface area contributed by atoms with Gasteiger partial charge in [-0.1, -0.05) is 0 Å². The summed E-state index contributed by atoms with van der Waals surface area (Å²) >= 11 is 0. The highest BCUT2D eigenvalue weighted by molar-refractivity contribution is 7.80. The second kappa shape index (κ2) is 7.08. The van der Waals surface area contributed by atoms with Gasteiger partial charge < -0.3 is 15.3 Å². The first-order valence-electron chi connectivity index (χ1n) is 6.91. The molecule has 0 aromatic heterocycles. The van der Waals surface area contributed by atoms with Gasteiger partial charge in [0.2, 0.25) is 0 Å². The molecule has 2 rings (SSSR count). The fourth-order valence-electron chi connectivity index (χ4n) is 2.52. The van der Waals surface area contributed by atoms with Crippen molar-refractivity contribution in [3.8, 4) is 0 Å². The molecule has 14 nitrogen and oxygen atoms in total. The van der Waals surface area contributed by atoms with Gasteiger partial charge in [-0.2, -0.15) is 13.5 Å². The minimum atomic E-state index is -4.89. The maximum absolute atomic E-state index is 12.1. The Morgan fingerprint density at radius 3 is 2.52 bits per heavy atom. The van der Waals surface area contributed by atoms with Crippen LogP contribution in [0, 0.1) is 0 Å². The maximum Gasteiger partial charge on any atom is 0.418 e. The molecule has 2 aliphatic rings. The van der Waals surface area contributed by atoms with Crippen molar-refractivity contribution in [2.75, 3.05) is 13.1 Å². The summed E-state index contributed by atoms with van der Waals surface area (Å²) in [6.07, 6.45) is -1.03. The molecule has 2 heterocycles. The van der Waals surface area contributed by atoms with Gasteiger partial charge in [-0.25, -0.2) is 9.59 Å². The summed E-state index contributed by atoms with van der Waals surface area (Å²) < 4.78 is 34.4. The Balaban J connectivity index is 1.91. The van der Waals surface area contributed by atoms with E-state index in [9.17, 15) is 27.6 Å². The van der Waals surface area contributed by atoms with Crippen LogP contribution in [0.3, 0.4) is 0 Å². The summed E-state index contributed by atoms with van der Waals surface area (Å²) in [4.78, 5) is 46.8. The lowest BCUT2D eigenvalue weighted by Gasteiger charge is -2.29. The molecule has 15 heteroatoms. The summed E-state index contributed by atoms with van der Waals surface area (Å²) in [6.45, 7) is -0.581. The quantitative estimate of drug-likeness (QED) is 0.251. The number of carbonyl (C=O) groups excluding carboxylic acids is 3. The van der Waals surface area contributed by atoms with Gasteiger partial charge >= 0.3 is 22.5 Å². The third kappa shape index (κ3) is 4.68. The Kier molecular flexibility index (Phi) is 5.29. The van der Waals surface area contributed by atoms with Crippen molar-refractivity contribution in [3.63, 3.8) is 0 Å². The fourth-order valence-corrected chi connectivity index (χ4v) is 2.91. The van der Waals surface area contributed by atoms with Crippen LogP contribution < -0.4 is 16.2 Å². The van der Waals surface area contributed by atoms with Crippen LogP contribution in [0.15, 0.2) is 0 Å². The molecule has 2 atom stereocenters. The third-order valence-corrected chi connectivity index (χ3v) is 3.87. The second-order valence-corrected chi connectivity index (χ2v) is 6.21. The van der Waals surface area contributed by atoms with Crippen LogP contribution >= 0.6 is 0 Å². The number of hydrogen-bond donors (Lipinski definition) is 5. The van der Waals surface area contributed by atoms with E-state index >= 15 is 0 Å². The number of fused-ring (bicyclic) bond motifs is 2. The molecule has 25 heavy (non-hydrogen) atoms. The molecule has 2 saturated heterocycles. The number of hydroxylamine groups is 2. The molecule has 0 saturated carbocycles. The first-order valence-corrected chi connectivity index (χ1v) is 8.27. The Hall–Kier alpha value is -2.65. The molecule has 5 N–H and O–H groups in total. The zero-order valence-electron chi connectivity index (χ0n) is 12.5. The Morgan fingerprint density at radius 1 is 1.24 bits per heavy atom. The highest BCUT2D eigenvalue weighted by Gasteiger charge is 2.49. The standard InChI is InChI=1S/C10H15N5O9S/c16-7(3-11-9(18)19)12-13-8(17)6-2-1-5-4-14(6)10(20)15(5)24-25(21,22)23/h5-6,11H,1-4H2,(H,12,16)(H,13,17)(H,18,19)(H,21,22,23). The summed E-state index contributed by atoms with van der Waals surface area (Å²) in [5.74, 6) is -1.57. The molecular weight excluding hydrogens is 366 g/mol. The highest BCUT2D eigenvalue weighted by atomic mass is 32.3. The predicted octanol–water partition coefficient (Wildman–Crippen LogP) is -2.60. The number of nitrogens with zero attached hydrogens (tertiary/aromatic N) is 2. The van der Waals surface area contributed by atoms with Gasteiger partial charge in [0.1, 0.15) is 12.6 Å². The molecule has 2 unspecified atom stereocenters. The third-order valence-electron chi connectivity index (χ3n) is 3.53. The van der Waals surface area contributed by atoms with Crippen molar-refractivity contribution in [1.29, 1.82) is 0 Å². The van der Waals surface area contributed by atoms with E-state index in [4.69, 9.17) is 9.66 Å². The number of hydrazine groups is 1. The molecule has 5 amide bonds. The Labute approximate surface area is 140 Å². The Bertz CT molecular complexity index is 695. The van der Waals surface area contributed by atoms with E-state index in [-0.39, 0.29) is 19.4 Å². The van der Waals surface area contributed by atoms with E-state index in [1.54, 1.807) is 5.32 Å². The van der Waals surface area contributed by atoms with Crippen LogP contribution in [-0.2, 0) is 24.3 Å². The largest absolute Gasteiger partial charge is 0.465 e. The number of amides is 5. The van der Waals surface area contributed by atoms with Gasteiger partial charge in [-0.3, -0.25) is 25.0 Å². The van der Waals surface area contributed by atoms with Crippen LogP contribution in [0.4, 0.5) is 9.59 Å². The van der Waals surface area contributed by atoms with Crippen LogP contribution in [0.5, 0.6) is 0 Å². The first kappa shape index (κ1) is 18.7. The monoisotopic (exact) mass is 381 g/mol. The van der Waals surface area contributed by atoms with Crippen molar-refractivity contribution in [2.24, 2.45) is 0 Å². The summed E-state index contributed by atoms with van der Waals surface area (Å²) in [5.41, 5.74) is 4.02. The molecule has 0 radical (unpaired) electrons. The summed E-state index contributed by atoms with van der Waals surface area (Å²) in [5, 5.41) is 10.6. The lowest BCUT2D eigenvalue weighted by molar-refractivity contribution is -0.131. The smallest absolute Gasteiger partial charge is 0.418 e. The van der Waals surface area contributed by atoms with Crippen molar-refractivity contribution in [1.82, 2.24) is 26.1 Å². The number of piperidine rings is 1. The van der Waals surface area contributed by atoms with Crippen molar-refractivity contribution in [3.05, 3.63) is 0 Å². The van der Waals surface area contributed by atoms with Gasteiger partial charge in [0.05, 0.1) is 6.04 Å². The second-order valence-electron chi connectivity index (χ2n) is 5.21. The first-order chi connectivity index (χ1) is 11.6. The van der Waals surface area contributed by atoms with Crippen molar-refractivity contribution < 1.29 is 41.5 Å². The van der Waals surface area contributed by atoms with E-state index in [0.717, 1.165) is 4.90 Å². The number of carboxylic acid groups (broad SMARTS) is 1. The summed E-state index contributed by atoms with van der Waals surface area (Å²) in [6, 6.07) is -2.56. The maximum atomic E-state index is 12.1. The molecule has 0 aromatic carbocycles. The van der Waals surface area contributed by atoms with E-state index in [2.05, 4.69) is 9.71 Å². The number of urea groups is 1. The minimum absolute atomic E-state index is 0.000949. The Morgan fingerprint density at radius 2 is 1.92 bits per heavy atom. The lowest BCUT2D eigenvalue weighted by Crippen LogP contribution is -2.55. The normalized spacial score (nSPS) is 22.5. The molecule has 0 aromatic rings. The van der Waals surface area contributed by atoms with Gasteiger partial charge in [-0.15, -0.1) is 4.28 Å². The van der Waals surface area contributed by atoms with Gasteiger partial charge in [0, 0.05) is 6.54 Å². The zero-order valence-corrected chi connectivity index (χ0v) is 13.4. The fraction of sp³-hybridized carbons (Fsp3) is 0.600. The van der Waals surface area contributed by atoms with Gasteiger partial charge in [0.25, 0.3) is 11.8 Å². The van der Waals surface area contributed by atoms with Gasteiger partial charge in [-0.05, 0) is 12.8 Å². The molecule has 2 fully saturated rings. The topological polar surface area (TPSA) is 195 Å². The average Bonchev–Trinajstić information content (AvgIpc) is 2.74.